The Kier molecular flexibility index (Phi) is 5.57. The normalized spacial score (nSPS) is 11.3. The summed E-state index contributed by atoms with van der Waals surface area (Å²) in [6.07, 6.45) is 0.886. The Morgan fingerprint density at radius 2 is 1.80 bits per heavy atom. The molecular formula is C16H25NO3. The van der Waals surface area contributed by atoms with Gasteiger partial charge in [-0.25, -0.2) is 0 Å². The topological polar surface area (TPSA) is 47.6 Å². The fourth-order valence-electron chi connectivity index (χ4n) is 2.05. The fourth-order valence-corrected chi connectivity index (χ4v) is 2.05. The fraction of sp³-hybridized carbons (Fsp3) is 0.562. The molecule has 1 aromatic rings. The molecule has 1 aromatic carbocycles. The van der Waals surface area contributed by atoms with Gasteiger partial charge in [0.1, 0.15) is 11.4 Å². The molecule has 1 rings (SSSR count). The lowest BCUT2D eigenvalue weighted by Crippen LogP contribution is -2.40. The summed E-state index contributed by atoms with van der Waals surface area (Å²) in [6.45, 7) is 10.1. The molecule has 0 saturated heterocycles. The summed E-state index contributed by atoms with van der Waals surface area (Å²) in [5.74, 6) is 0.708. The van der Waals surface area contributed by atoms with Crippen LogP contribution in [0.3, 0.4) is 0 Å². The molecule has 1 N–H and O–H groups in total. The molecule has 0 aromatic heterocycles. The molecule has 20 heavy (non-hydrogen) atoms. The predicted molar refractivity (Wildman–Crippen MR) is 81.4 cm³/mol. The van der Waals surface area contributed by atoms with Crippen LogP contribution in [0.5, 0.6) is 5.75 Å². The minimum absolute atomic E-state index is 0.144. The van der Waals surface area contributed by atoms with Crippen LogP contribution in [0.4, 0.5) is 5.69 Å². The molecule has 0 aliphatic carbocycles. The molecule has 0 radical (unpaired) electrons. The van der Waals surface area contributed by atoms with Gasteiger partial charge in [0.2, 0.25) is 0 Å². The monoisotopic (exact) mass is 279 g/mol. The van der Waals surface area contributed by atoms with Crippen LogP contribution in [0.15, 0.2) is 12.1 Å². The van der Waals surface area contributed by atoms with Gasteiger partial charge in [0.25, 0.3) is 5.91 Å². The van der Waals surface area contributed by atoms with E-state index in [0.717, 1.165) is 29.0 Å². The first-order valence-electron chi connectivity index (χ1n) is 6.92. The molecule has 0 heterocycles. The van der Waals surface area contributed by atoms with Crippen LogP contribution in [0.2, 0.25) is 0 Å². The Balaban J connectivity index is 2.86. The van der Waals surface area contributed by atoms with Gasteiger partial charge in [0.05, 0.1) is 7.11 Å². The van der Waals surface area contributed by atoms with Crippen molar-refractivity contribution in [3.63, 3.8) is 0 Å². The average Bonchev–Trinajstić information content (AvgIpc) is 2.36. The van der Waals surface area contributed by atoms with Crippen LogP contribution in [-0.2, 0) is 9.53 Å². The molecule has 112 valence electrons. The largest absolute Gasteiger partial charge is 0.496 e. The zero-order valence-corrected chi connectivity index (χ0v) is 13.3. The summed E-state index contributed by atoms with van der Waals surface area (Å²) in [7, 11) is 1.65. The van der Waals surface area contributed by atoms with E-state index in [1.165, 1.54) is 0 Å². The van der Waals surface area contributed by atoms with Gasteiger partial charge in [-0.1, -0.05) is 6.92 Å². The van der Waals surface area contributed by atoms with E-state index in [1.54, 1.807) is 21.0 Å². The summed E-state index contributed by atoms with van der Waals surface area (Å²) >= 11 is 0. The lowest BCUT2D eigenvalue weighted by Gasteiger charge is -2.24. The summed E-state index contributed by atoms with van der Waals surface area (Å²) in [5.41, 5.74) is 1.92. The summed E-state index contributed by atoms with van der Waals surface area (Å²) in [5, 5.41) is 2.90. The quantitative estimate of drug-likeness (QED) is 0.867. The average molecular weight is 279 g/mol. The molecule has 0 bridgehead atoms. The number of carbonyl (C=O) groups is 1. The number of amides is 1. The summed E-state index contributed by atoms with van der Waals surface area (Å²) < 4.78 is 10.9. The van der Waals surface area contributed by atoms with Gasteiger partial charge in [-0.3, -0.25) is 4.79 Å². The van der Waals surface area contributed by atoms with Gasteiger partial charge in [0, 0.05) is 12.3 Å². The van der Waals surface area contributed by atoms with Gasteiger partial charge >= 0.3 is 0 Å². The zero-order valence-electron chi connectivity index (χ0n) is 13.3. The number of nitrogens with one attached hydrogen (secondary N) is 1. The molecule has 0 saturated carbocycles. The molecule has 0 spiro atoms. The van der Waals surface area contributed by atoms with Crippen molar-refractivity contribution in [3.8, 4) is 5.75 Å². The van der Waals surface area contributed by atoms with Crippen molar-refractivity contribution < 1.29 is 14.3 Å². The lowest BCUT2D eigenvalue weighted by molar-refractivity contribution is -0.137. The number of hydrogen-bond donors (Lipinski definition) is 1. The van der Waals surface area contributed by atoms with Crippen LogP contribution in [-0.4, -0.2) is 25.2 Å². The molecule has 1 amide bonds. The Bertz CT molecular complexity index is 458. The number of anilines is 1. The number of ether oxygens (including phenoxy) is 2. The van der Waals surface area contributed by atoms with E-state index >= 15 is 0 Å². The van der Waals surface area contributed by atoms with E-state index in [9.17, 15) is 4.79 Å². The van der Waals surface area contributed by atoms with E-state index in [4.69, 9.17) is 9.47 Å². The number of methoxy groups -OCH3 is 1. The van der Waals surface area contributed by atoms with Crippen LogP contribution in [0.1, 0.15) is 38.3 Å². The Labute approximate surface area is 121 Å². The second kappa shape index (κ2) is 6.75. The first-order valence-corrected chi connectivity index (χ1v) is 6.92. The first-order chi connectivity index (χ1) is 9.31. The van der Waals surface area contributed by atoms with Crippen molar-refractivity contribution in [2.45, 2.75) is 46.6 Å². The number of aryl methyl sites for hydroxylation is 2. The number of rotatable bonds is 6. The molecule has 0 atom stereocenters. The maximum absolute atomic E-state index is 12.2. The van der Waals surface area contributed by atoms with E-state index < -0.39 is 5.60 Å². The molecular weight excluding hydrogens is 254 g/mol. The Morgan fingerprint density at radius 3 is 2.25 bits per heavy atom. The summed E-state index contributed by atoms with van der Waals surface area (Å²) in [4.78, 5) is 12.2. The molecule has 4 nitrogen and oxygen atoms in total. The highest BCUT2D eigenvalue weighted by atomic mass is 16.5. The molecule has 0 fully saturated rings. The van der Waals surface area contributed by atoms with E-state index in [2.05, 4.69) is 5.32 Å². The number of hydrogen-bond acceptors (Lipinski definition) is 3. The van der Waals surface area contributed by atoms with E-state index in [1.807, 2.05) is 32.9 Å². The van der Waals surface area contributed by atoms with Crippen LogP contribution in [0.25, 0.3) is 0 Å². The predicted octanol–water partition coefficient (Wildman–Crippen LogP) is 3.46. The first kappa shape index (κ1) is 16.5. The summed E-state index contributed by atoms with van der Waals surface area (Å²) in [6, 6.07) is 3.80. The zero-order chi connectivity index (χ0) is 15.3. The van der Waals surface area contributed by atoms with Crippen molar-refractivity contribution in [3.05, 3.63) is 23.3 Å². The highest BCUT2D eigenvalue weighted by Crippen LogP contribution is 2.27. The van der Waals surface area contributed by atoms with Crippen molar-refractivity contribution in [1.82, 2.24) is 0 Å². The third-order valence-electron chi connectivity index (χ3n) is 3.14. The third-order valence-corrected chi connectivity index (χ3v) is 3.14. The maximum atomic E-state index is 12.2. The number of benzene rings is 1. The van der Waals surface area contributed by atoms with Gasteiger partial charge in [-0.2, -0.15) is 0 Å². The van der Waals surface area contributed by atoms with Gasteiger partial charge < -0.3 is 14.8 Å². The SMILES string of the molecule is CCCOC(C)(C)C(=O)Nc1cc(C)c(OC)c(C)c1. The highest BCUT2D eigenvalue weighted by Gasteiger charge is 2.28. The van der Waals surface area contributed by atoms with E-state index in [0.29, 0.717) is 6.61 Å². The smallest absolute Gasteiger partial charge is 0.256 e. The molecule has 4 heteroatoms. The minimum atomic E-state index is -0.836. The maximum Gasteiger partial charge on any atom is 0.256 e. The van der Waals surface area contributed by atoms with Gasteiger partial charge in [0.15, 0.2) is 0 Å². The minimum Gasteiger partial charge on any atom is -0.496 e. The number of carbonyl (C=O) groups excluding carboxylic acids is 1. The van der Waals surface area contributed by atoms with Crippen molar-refractivity contribution in [2.24, 2.45) is 0 Å². The van der Waals surface area contributed by atoms with Crippen molar-refractivity contribution in [1.29, 1.82) is 0 Å². The van der Waals surface area contributed by atoms with Gasteiger partial charge in [-0.05, 0) is 57.4 Å². The van der Waals surface area contributed by atoms with Crippen LogP contribution >= 0.6 is 0 Å². The molecule has 0 unspecified atom stereocenters. The highest BCUT2D eigenvalue weighted by molar-refractivity contribution is 5.97. The van der Waals surface area contributed by atoms with Crippen molar-refractivity contribution in [2.75, 3.05) is 19.0 Å². The molecule has 0 aliphatic rings. The van der Waals surface area contributed by atoms with Crippen LogP contribution < -0.4 is 10.1 Å². The Morgan fingerprint density at radius 1 is 1.25 bits per heavy atom. The van der Waals surface area contributed by atoms with Crippen LogP contribution in [0, 0.1) is 13.8 Å². The van der Waals surface area contributed by atoms with E-state index in [-0.39, 0.29) is 5.91 Å². The lowest BCUT2D eigenvalue weighted by atomic mass is 10.1. The van der Waals surface area contributed by atoms with Gasteiger partial charge in [-0.15, -0.1) is 0 Å². The van der Waals surface area contributed by atoms with Crippen molar-refractivity contribution >= 4 is 11.6 Å². The molecule has 0 aliphatic heterocycles. The second-order valence-electron chi connectivity index (χ2n) is 5.46. The third kappa shape index (κ3) is 3.97. The Hall–Kier alpha value is -1.55. The second-order valence-corrected chi connectivity index (χ2v) is 5.46. The standard InChI is InChI=1S/C16H25NO3/c1-7-8-20-16(4,5)15(18)17-13-9-11(2)14(19-6)12(3)10-13/h9-10H,7-8H2,1-6H3,(H,17,18).